The third kappa shape index (κ3) is 1.36. The molecule has 0 spiro atoms. The molecule has 2 heteroatoms. The topological polar surface area (TPSA) is 28.7 Å². The van der Waals surface area contributed by atoms with Crippen molar-refractivity contribution in [3.8, 4) is 0 Å². The van der Waals surface area contributed by atoms with E-state index in [9.17, 15) is 0 Å². The van der Waals surface area contributed by atoms with Crippen LogP contribution in [0.2, 0.25) is 0 Å². The first-order chi connectivity index (χ1) is 7.24. The molecule has 1 fully saturated rings. The van der Waals surface area contributed by atoms with Crippen LogP contribution in [0.25, 0.3) is 11.0 Å². The van der Waals surface area contributed by atoms with Crippen molar-refractivity contribution in [1.29, 1.82) is 0 Å². The van der Waals surface area contributed by atoms with Crippen molar-refractivity contribution in [2.45, 2.75) is 39.0 Å². The van der Waals surface area contributed by atoms with E-state index in [-0.39, 0.29) is 0 Å². The monoisotopic (exact) mass is 200 g/mol. The van der Waals surface area contributed by atoms with Crippen LogP contribution in [-0.4, -0.2) is 9.97 Å². The van der Waals surface area contributed by atoms with Crippen LogP contribution in [0.1, 0.15) is 42.1 Å². The summed E-state index contributed by atoms with van der Waals surface area (Å²) in [6.07, 6.45) is 3.97. The summed E-state index contributed by atoms with van der Waals surface area (Å²) in [6.45, 7) is 4.30. The Morgan fingerprint density at radius 1 is 1.20 bits per heavy atom. The summed E-state index contributed by atoms with van der Waals surface area (Å²) in [5, 5.41) is 0. The average Bonchev–Trinajstić information content (AvgIpc) is 2.45. The molecule has 78 valence electrons. The van der Waals surface area contributed by atoms with E-state index in [2.05, 4.69) is 35.9 Å². The fourth-order valence-corrected chi connectivity index (χ4v) is 2.16. The Balaban J connectivity index is 2.12. The fourth-order valence-electron chi connectivity index (χ4n) is 2.16. The van der Waals surface area contributed by atoms with Gasteiger partial charge in [-0.2, -0.15) is 0 Å². The highest BCUT2D eigenvalue weighted by Gasteiger charge is 2.22. The molecule has 1 saturated carbocycles. The first kappa shape index (κ1) is 8.96. The summed E-state index contributed by atoms with van der Waals surface area (Å²) in [7, 11) is 0. The highest BCUT2D eigenvalue weighted by molar-refractivity contribution is 5.77. The van der Waals surface area contributed by atoms with Gasteiger partial charge in [0.25, 0.3) is 0 Å². The number of rotatable bonds is 1. The third-order valence-corrected chi connectivity index (χ3v) is 3.61. The molecule has 1 aromatic carbocycles. The molecule has 3 rings (SSSR count). The predicted molar refractivity (Wildman–Crippen MR) is 62.2 cm³/mol. The molecule has 0 saturated heterocycles. The molecule has 1 aromatic heterocycles. The normalized spacial score (nSPS) is 16.9. The second-order valence-corrected chi connectivity index (χ2v) is 4.70. The summed E-state index contributed by atoms with van der Waals surface area (Å²) in [4.78, 5) is 8.14. The average molecular weight is 200 g/mol. The number of fused-ring (bicyclic) bond motifs is 1. The van der Waals surface area contributed by atoms with Crippen molar-refractivity contribution in [1.82, 2.24) is 9.97 Å². The quantitative estimate of drug-likeness (QED) is 0.750. The molecule has 15 heavy (non-hydrogen) atoms. The zero-order valence-electron chi connectivity index (χ0n) is 9.30. The summed E-state index contributed by atoms with van der Waals surface area (Å²) in [5.74, 6) is 1.89. The van der Waals surface area contributed by atoms with Gasteiger partial charge >= 0.3 is 0 Å². The summed E-state index contributed by atoms with van der Waals surface area (Å²) in [5.41, 5.74) is 4.99. The zero-order chi connectivity index (χ0) is 10.4. The molecule has 0 atom stereocenters. The Bertz CT molecular complexity index is 467. The number of aryl methyl sites for hydroxylation is 2. The highest BCUT2D eigenvalue weighted by Crippen LogP contribution is 2.35. The van der Waals surface area contributed by atoms with E-state index in [1.54, 1.807) is 0 Å². The molecule has 1 N–H and O–H groups in total. The lowest BCUT2D eigenvalue weighted by atomic mass is 9.85. The SMILES string of the molecule is Cc1cc2nc(C3CCC3)[nH]c2cc1C. The number of aromatic nitrogens is 2. The number of nitrogens with one attached hydrogen (secondary N) is 1. The molecular formula is C13H16N2. The van der Waals surface area contributed by atoms with Gasteiger partial charge in [-0.1, -0.05) is 6.42 Å². The number of hydrogen-bond donors (Lipinski definition) is 1. The first-order valence-electron chi connectivity index (χ1n) is 5.71. The van der Waals surface area contributed by atoms with Crippen LogP contribution in [-0.2, 0) is 0 Å². The van der Waals surface area contributed by atoms with E-state index in [4.69, 9.17) is 0 Å². The van der Waals surface area contributed by atoms with Gasteiger partial charge in [0.2, 0.25) is 0 Å². The van der Waals surface area contributed by atoms with Gasteiger partial charge in [0.15, 0.2) is 0 Å². The van der Waals surface area contributed by atoms with Crippen LogP contribution < -0.4 is 0 Å². The molecule has 0 unspecified atom stereocenters. The summed E-state index contributed by atoms with van der Waals surface area (Å²) < 4.78 is 0. The number of aromatic amines is 1. The Labute approximate surface area is 89.7 Å². The Hall–Kier alpha value is -1.31. The van der Waals surface area contributed by atoms with Crippen LogP contribution in [0.4, 0.5) is 0 Å². The van der Waals surface area contributed by atoms with Crippen LogP contribution in [0, 0.1) is 13.8 Å². The van der Waals surface area contributed by atoms with Gasteiger partial charge in [-0.15, -0.1) is 0 Å². The lowest BCUT2D eigenvalue weighted by molar-refractivity contribution is 0.405. The molecule has 0 aliphatic heterocycles. The van der Waals surface area contributed by atoms with Crippen LogP contribution in [0.3, 0.4) is 0 Å². The van der Waals surface area contributed by atoms with Gasteiger partial charge in [-0.3, -0.25) is 0 Å². The maximum absolute atomic E-state index is 4.68. The van der Waals surface area contributed by atoms with Crippen molar-refractivity contribution in [2.24, 2.45) is 0 Å². The molecule has 2 nitrogen and oxygen atoms in total. The number of nitrogens with zero attached hydrogens (tertiary/aromatic N) is 1. The molecule has 0 radical (unpaired) electrons. The number of hydrogen-bond acceptors (Lipinski definition) is 1. The third-order valence-electron chi connectivity index (χ3n) is 3.61. The van der Waals surface area contributed by atoms with E-state index in [1.807, 2.05) is 0 Å². The van der Waals surface area contributed by atoms with Crippen molar-refractivity contribution in [3.63, 3.8) is 0 Å². The van der Waals surface area contributed by atoms with E-state index in [0.717, 1.165) is 5.52 Å². The number of imidazole rings is 1. The van der Waals surface area contributed by atoms with Gasteiger partial charge < -0.3 is 4.98 Å². The molecule has 1 heterocycles. The fraction of sp³-hybridized carbons (Fsp3) is 0.462. The largest absolute Gasteiger partial charge is 0.342 e. The van der Waals surface area contributed by atoms with Crippen molar-refractivity contribution in [3.05, 3.63) is 29.1 Å². The van der Waals surface area contributed by atoms with E-state index < -0.39 is 0 Å². The van der Waals surface area contributed by atoms with Crippen LogP contribution in [0.15, 0.2) is 12.1 Å². The molecular weight excluding hydrogens is 184 g/mol. The molecule has 0 bridgehead atoms. The van der Waals surface area contributed by atoms with E-state index in [0.29, 0.717) is 5.92 Å². The van der Waals surface area contributed by atoms with E-state index >= 15 is 0 Å². The molecule has 1 aliphatic carbocycles. The van der Waals surface area contributed by atoms with Gasteiger partial charge in [0, 0.05) is 5.92 Å². The van der Waals surface area contributed by atoms with Crippen LogP contribution >= 0.6 is 0 Å². The van der Waals surface area contributed by atoms with Gasteiger partial charge in [-0.25, -0.2) is 4.98 Å². The Morgan fingerprint density at radius 2 is 1.93 bits per heavy atom. The zero-order valence-corrected chi connectivity index (χ0v) is 9.30. The standard InChI is InChI=1S/C13H16N2/c1-8-6-11-12(7-9(8)2)15-13(14-11)10-4-3-5-10/h6-7,10H,3-5H2,1-2H3,(H,14,15). The van der Waals surface area contributed by atoms with Gasteiger partial charge in [-0.05, 0) is 49.9 Å². The molecule has 1 aliphatic rings. The number of benzene rings is 1. The summed E-state index contributed by atoms with van der Waals surface area (Å²) in [6, 6.07) is 4.39. The second kappa shape index (κ2) is 3.09. The lowest BCUT2D eigenvalue weighted by Crippen LogP contribution is -2.10. The maximum Gasteiger partial charge on any atom is 0.110 e. The minimum absolute atomic E-state index is 0.693. The lowest BCUT2D eigenvalue weighted by Gasteiger charge is -2.22. The Morgan fingerprint density at radius 3 is 2.60 bits per heavy atom. The van der Waals surface area contributed by atoms with Gasteiger partial charge in [0.1, 0.15) is 5.82 Å². The Kier molecular flexibility index (Phi) is 1.84. The van der Waals surface area contributed by atoms with Gasteiger partial charge in [0.05, 0.1) is 11.0 Å². The second-order valence-electron chi connectivity index (χ2n) is 4.70. The van der Waals surface area contributed by atoms with E-state index in [1.165, 1.54) is 41.7 Å². The summed E-state index contributed by atoms with van der Waals surface area (Å²) >= 11 is 0. The smallest absolute Gasteiger partial charge is 0.110 e. The predicted octanol–water partition coefficient (Wildman–Crippen LogP) is 3.45. The molecule has 2 aromatic rings. The van der Waals surface area contributed by atoms with Crippen LogP contribution in [0.5, 0.6) is 0 Å². The minimum Gasteiger partial charge on any atom is -0.342 e. The maximum atomic E-state index is 4.68. The van der Waals surface area contributed by atoms with Crippen molar-refractivity contribution < 1.29 is 0 Å². The van der Waals surface area contributed by atoms with Crippen molar-refractivity contribution >= 4 is 11.0 Å². The van der Waals surface area contributed by atoms with Crippen molar-refractivity contribution in [2.75, 3.05) is 0 Å². The first-order valence-corrected chi connectivity index (χ1v) is 5.71. The molecule has 0 amide bonds. The highest BCUT2D eigenvalue weighted by atomic mass is 14.9. The number of H-pyrrole nitrogens is 1. The minimum atomic E-state index is 0.693.